The second kappa shape index (κ2) is 10.0. The molecule has 9 heteroatoms. The summed E-state index contributed by atoms with van der Waals surface area (Å²) in [7, 11) is 0. The largest absolute Gasteiger partial charge is 0.483 e. The van der Waals surface area contributed by atoms with Gasteiger partial charge in [0.05, 0.1) is 22.8 Å². The predicted octanol–water partition coefficient (Wildman–Crippen LogP) is 3.51. The van der Waals surface area contributed by atoms with Crippen molar-refractivity contribution < 1.29 is 14.3 Å². The normalized spacial score (nSPS) is 11.0. The second-order valence-electron chi connectivity index (χ2n) is 5.21. The number of anilines is 1. The van der Waals surface area contributed by atoms with E-state index in [9.17, 15) is 9.59 Å². The molecule has 136 valence electrons. The highest BCUT2D eigenvalue weighted by atomic mass is 79.9. The molecule has 2 aromatic rings. The number of halogens is 2. The number of nitrogens with zero attached hydrogens (tertiary/aromatic N) is 2. The van der Waals surface area contributed by atoms with Gasteiger partial charge in [-0.15, -0.1) is 0 Å². The lowest BCUT2D eigenvalue weighted by Gasteiger charge is -2.08. The van der Waals surface area contributed by atoms with Crippen molar-refractivity contribution in [1.82, 2.24) is 10.4 Å². The summed E-state index contributed by atoms with van der Waals surface area (Å²) in [5, 5.41) is 6.59. The molecule has 0 saturated heterocycles. The maximum atomic E-state index is 11.9. The Hall–Kier alpha value is -2.26. The molecule has 0 saturated carbocycles. The number of ether oxygens (including phenoxy) is 1. The Labute approximate surface area is 167 Å². The van der Waals surface area contributed by atoms with Gasteiger partial charge in [-0.3, -0.25) is 14.6 Å². The molecule has 1 aromatic heterocycles. The number of amides is 2. The minimum Gasteiger partial charge on any atom is -0.483 e. The van der Waals surface area contributed by atoms with Crippen LogP contribution < -0.4 is 15.5 Å². The number of benzene rings is 1. The number of carbonyl (C=O) groups excluding carboxylic acids is 2. The Morgan fingerprint density at radius 3 is 2.73 bits per heavy atom. The minimum absolute atomic E-state index is 0.0499. The number of rotatable bonds is 7. The summed E-state index contributed by atoms with van der Waals surface area (Å²) in [6.45, 7) is 1.45. The molecule has 0 radical (unpaired) electrons. The first-order valence-corrected chi connectivity index (χ1v) is 9.12. The average molecular weight is 484 g/mol. The quantitative estimate of drug-likeness (QED) is 0.465. The number of hydrogen-bond donors (Lipinski definition) is 2. The highest BCUT2D eigenvalue weighted by molar-refractivity contribution is 9.11. The molecule has 0 aliphatic carbocycles. The maximum Gasteiger partial charge on any atom is 0.277 e. The smallest absolute Gasteiger partial charge is 0.277 e. The number of nitrogens with one attached hydrogen (secondary N) is 2. The summed E-state index contributed by atoms with van der Waals surface area (Å²) in [6, 6.07) is 8.81. The van der Waals surface area contributed by atoms with Crippen LogP contribution in [0.3, 0.4) is 0 Å². The van der Waals surface area contributed by atoms with Crippen LogP contribution in [0.1, 0.15) is 13.3 Å². The predicted molar refractivity (Wildman–Crippen MR) is 106 cm³/mol. The maximum absolute atomic E-state index is 11.9. The van der Waals surface area contributed by atoms with Gasteiger partial charge in [0.1, 0.15) is 5.75 Å². The van der Waals surface area contributed by atoms with Gasteiger partial charge in [0.2, 0.25) is 5.91 Å². The van der Waals surface area contributed by atoms with Crippen molar-refractivity contribution in [3.8, 4) is 5.75 Å². The molecule has 7 nitrogen and oxygen atoms in total. The zero-order chi connectivity index (χ0) is 18.9. The van der Waals surface area contributed by atoms with Gasteiger partial charge in [-0.25, -0.2) is 5.43 Å². The van der Waals surface area contributed by atoms with Crippen LogP contribution in [0.2, 0.25) is 0 Å². The van der Waals surface area contributed by atoms with E-state index in [4.69, 9.17) is 4.74 Å². The Kier molecular flexibility index (Phi) is 7.73. The van der Waals surface area contributed by atoms with E-state index in [1.165, 1.54) is 0 Å². The third kappa shape index (κ3) is 6.93. The van der Waals surface area contributed by atoms with Crippen LogP contribution in [0, 0.1) is 0 Å². The summed E-state index contributed by atoms with van der Waals surface area (Å²) in [4.78, 5) is 27.6. The van der Waals surface area contributed by atoms with Crippen LogP contribution >= 0.6 is 31.9 Å². The standard InChI is InChI=1S/C17H16Br2N4O3/c1-11(7-16(24)21-13-3-2-6-20-9-13)22-23-17(25)10-26-15-5-4-12(18)8-14(15)19/h2-6,8-9H,7,10H2,1H3,(H,21,24)(H,23,25)/b22-11+. The van der Waals surface area contributed by atoms with Crippen molar-refractivity contribution in [1.29, 1.82) is 0 Å². The molecular weight excluding hydrogens is 468 g/mol. The topological polar surface area (TPSA) is 92.7 Å². The molecule has 0 aliphatic rings. The van der Waals surface area contributed by atoms with E-state index in [0.29, 0.717) is 17.1 Å². The van der Waals surface area contributed by atoms with Gasteiger partial charge < -0.3 is 10.1 Å². The summed E-state index contributed by atoms with van der Waals surface area (Å²) in [5.41, 5.74) is 3.42. The first-order valence-electron chi connectivity index (χ1n) is 7.54. The van der Waals surface area contributed by atoms with Gasteiger partial charge in [-0.1, -0.05) is 15.9 Å². The lowest BCUT2D eigenvalue weighted by atomic mass is 10.3. The molecule has 0 aliphatic heterocycles. The van der Waals surface area contributed by atoms with Crippen LogP contribution in [-0.2, 0) is 9.59 Å². The molecule has 26 heavy (non-hydrogen) atoms. The lowest BCUT2D eigenvalue weighted by Crippen LogP contribution is -2.26. The van der Waals surface area contributed by atoms with E-state index in [1.807, 2.05) is 6.07 Å². The number of pyridine rings is 1. The summed E-state index contributed by atoms with van der Waals surface area (Å²) >= 11 is 6.69. The van der Waals surface area contributed by atoms with Crippen molar-refractivity contribution in [3.05, 3.63) is 51.7 Å². The fraction of sp³-hybridized carbons (Fsp3) is 0.176. The zero-order valence-corrected chi connectivity index (χ0v) is 17.0. The first kappa shape index (κ1) is 20.1. The highest BCUT2D eigenvalue weighted by Crippen LogP contribution is 2.28. The third-order valence-electron chi connectivity index (χ3n) is 2.99. The number of hydrogen-bond acceptors (Lipinski definition) is 5. The van der Waals surface area contributed by atoms with Crippen LogP contribution in [0.5, 0.6) is 5.75 Å². The monoisotopic (exact) mass is 482 g/mol. The number of aromatic nitrogens is 1. The van der Waals surface area contributed by atoms with Crippen molar-refractivity contribution in [2.75, 3.05) is 11.9 Å². The van der Waals surface area contributed by atoms with E-state index in [-0.39, 0.29) is 18.9 Å². The number of carbonyl (C=O) groups is 2. The molecule has 2 N–H and O–H groups in total. The van der Waals surface area contributed by atoms with E-state index < -0.39 is 5.91 Å². The molecule has 0 fully saturated rings. The van der Waals surface area contributed by atoms with Crippen molar-refractivity contribution >= 4 is 55.1 Å². The fourth-order valence-corrected chi connectivity index (χ4v) is 3.00. The van der Waals surface area contributed by atoms with E-state index in [0.717, 1.165) is 8.95 Å². The molecule has 2 amide bonds. The lowest BCUT2D eigenvalue weighted by molar-refractivity contribution is -0.123. The molecular formula is C17H16Br2N4O3. The van der Waals surface area contributed by atoms with Gasteiger partial charge >= 0.3 is 0 Å². The van der Waals surface area contributed by atoms with Gasteiger partial charge in [-0.05, 0) is 53.2 Å². The average Bonchev–Trinajstić information content (AvgIpc) is 2.60. The van der Waals surface area contributed by atoms with Gasteiger partial charge in [-0.2, -0.15) is 5.10 Å². The Balaban J connectivity index is 1.76. The Morgan fingerprint density at radius 2 is 2.04 bits per heavy atom. The molecule has 2 rings (SSSR count). The van der Waals surface area contributed by atoms with E-state index in [1.54, 1.807) is 43.6 Å². The van der Waals surface area contributed by atoms with Gasteiger partial charge in [0.25, 0.3) is 5.91 Å². The van der Waals surface area contributed by atoms with Gasteiger partial charge in [0, 0.05) is 16.4 Å². The molecule has 0 unspecified atom stereocenters. The molecule has 1 heterocycles. The Bertz CT molecular complexity index is 813. The van der Waals surface area contributed by atoms with E-state index >= 15 is 0 Å². The highest BCUT2D eigenvalue weighted by Gasteiger charge is 2.07. The number of hydrazone groups is 1. The van der Waals surface area contributed by atoms with Crippen LogP contribution in [0.15, 0.2) is 56.8 Å². The minimum atomic E-state index is -0.424. The van der Waals surface area contributed by atoms with Gasteiger partial charge in [0.15, 0.2) is 6.61 Å². The molecule has 0 atom stereocenters. The summed E-state index contributed by atoms with van der Waals surface area (Å²) in [5.74, 6) is -0.129. The van der Waals surface area contributed by atoms with Crippen LogP contribution in [-0.4, -0.2) is 29.1 Å². The molecule has 1 aromatic carbocycles. The van der Waals surface area contributed by atoms with E-state index in [2.05, 4.69) is 52.7 Å². The van der Waals surface area contributed by atoms with Crippen molar-refractivity contribution in [3.63, 3.8) is 0 Å². The van der Waals surface area contributed by atoms with Crippen LogP contribution in [0.25, 0.3) is 0 Å². The second-order valence-corrected chi connectivity index (χ2v) is 6.98. The van der Waals surface area contributed by atoms with Crippen molar-refractivity contribution in [2.45, 2.75) is 13.3 Å². The zero-order valence-electron chi connectivity index (χ0n) is 13.8. The fourth-order valence-electron chi connectivity index (χ4n) is 1.84. The SMILES string of the molecule is C/C(CC(=O)Nc1cccnc1)=N\NC(=O)COc1ccc(Br)cc1Br. The summed E-state index contributed by atoms with van der Waals surface area (Å²) in [6.07, 6.45) is 3.21. The third-order valence-corrected chi connectivity index (χ3v) is 4.10. The first-order chi connectivity index (χ1) is 12.4. The Morgan fingerprint density at radius 1 is 1.23 bits per heavy atom. The summed E-state index contributed by atoms with van der Waals surface area (Å²) < 4.78 is 7.03. The van der Waals surface area contributed by atoms with Crippen LogP contribution in [0.4, 0.5) is 5.69 Å². The van der Waals surface area contributed by atoms with Crippen molar-refractivity contribution in [2.24, 2.45) is 5.10 Å². The molecule has 0 spiro atoms. The molecule has 0 bridgehead atoms.